The number of nitrogens with zero attached hydrogens (tertiary/aromatic N) is 6. The fourth-order valence-corrected chi connectivity index (χ4v) is 5.74. The van der Waals surface area contributed by atoms with Crippen molar-refractivity contribution in [3.05, 3.63) is 28.3 Å². The molecule has 0 bridgehead atoms. The van der Waals surface area contributed by atoms with E-state index in [1.54, 1.807) is 11.8 Å². The molecule has 1 saturated heterocycles. The maximum absolute atomic E-state index is 13.6. The lowest BCUT2D eigenvalue weighted by atomic mass is 10.0. The zero-order valence-corrected chi connectivity index (χ0v) is 19.2. The molecule has 1 N–H and O–H groups in total. The zero-order valence-electron chi connectivity index (χ0n) is 18.4. The number of alkyl halides is 3. The summed E-state index contributed by atoms with van der Waals surface area (Å²) in [6, 6.07) is 0. The van der Waals surface area contributed by atoms with Gasteiger partial charge in [-0.15, -0.1) is 11.8 Å². The van der Waals surface area contributed by atoms with Gasteiger partial charge in [-0.05, 0) is 26.2 Å². The van der Waals surface area contributed by atoms with Crippen LogP contribution in [0, 0.1) is 6.92 Å². The van der Waals surface area contributed by atoms with Crippen molar-refractivity contribution in [2.24, 2.45) is 0 Å². The number of aromatic nitrogens is 4. The summed E-state index contributed by atoms with van der Waals surface area (Å²) in [7, 11) is 0. The normalized spacial score (nSPS) is 20.5. The Balaban J connectivity index is 1.53. The highest BCUT2D eigenvalue weighted by atomic mass is 32.2. The fraction of sp³-hybridized carbons (Fsp3) is 0.571. The minimum atomic E-state index is -4.51. The zero-order chi connectivity index (χ0) is 23.3. The molecule has 0 spiro atoms. The molecule has 2 aromatic rings. The monoisotopic (exact) mass is 479 g/mol. The third kappa shape index (κ3) is 4.20. The van der Waals surface area contributed by atoms with Crippen LogP contribution < -0.4 is 15.1 Å². The third-order valence-corrected chi connectivity index (χ3v) is 7.56. The topological polar surface area (TPSA) is 87.1 Å². The van der Waals surface area contributed by atoms with E-state index in [-0.39, 0.29) is 36.8 Å². The molecule has 5 heterocycles. The van der Waals surface area contributed by atoms with E-state index in [2.05, 4.69) is 22.2 Å². The summed E-state index contributed by atoms with van der Waals surface area (Å²) < 4.78 is 40.7. The van der Waals surface area contributed by atoms with Gasteiger partial charge in [0, 0.05) is 36.0 Å². The summed E-state index contributed by atoms with van der Waals surface area (Å²) in [5, 5.41) is 4.08. The molecule has 1 fully saturated rings. The van der Waals surface area contributed by atoms with Gasteiger partial charge in [0.15, 0.2) is 5.69 Å². The van der Waals surface area contributed by atoms with E-state index in [0.717, 1.165) is 29.2 Å². The predicted molar refractivity (Wildman–Crippen MR) is 117 cm³/mol. The molecule has 0 saturated carbocycles. The van der Waals surface area contributed by atoms with Crippen molar-refractivity contribution >= 4 is 29.4 Å². The van der Waals surface area contributed by atoms with Crippen LogP contribution in [0.25, 0.3) is 0 Å². The molecule has 3 aliphatic rings. The number of anilines is 2. The lowest BCUT2D eigenvalue weighted by molar-refractivity contribution is -0.142. The second-order valence-corrected chi connectivity index (χ2v) is 9.76. The number of hydrogen-bond donors (Lipinski definition) is 1. The van der Waals surface area contributed by atoms with Crippen molar-refractivity contribution in [1.82, 2.24) is 25.3 Å². The summed E-state index contributed by atoms with van der Waals surface area (Å²) in [5.41, 5.74) is 0.760. The lowest BCUT2D eigenvalue weighted by Gasteiger charge is -2.33. The first-order valence-electron chi connectivity index (χ1n) is 11.0. The van der Waals surface area contributed by atoms with Crippen LogP contribution in [-0.2, 0) is 30.4 Å². The smallest absolute Gasteiger partial charge is 0.353 e. The van der Waals surface area contributed by atoms with Gasteiger partial charge in [0.25, 0.3) is 0 Å². The number of halogens is 3. The highest BCUT2D eigenvalue weighted by Gasteiger charge is 2.39. The van der Waals surface area contributed by atoms with Crippen molar-refractivity contribution in [2.75, 3.05) is 36.0 Å². The van der Waals surface area contributed by atoms with Crippen LogP contribution in [0.1, 0.15) is 41.7 Å². The van der Waals surface area contributed by atoms with Crippen LogP contribution in [0.4, 0.5) is 24.9 Å². The largest absolute Gasteiger partial charge is 0.433 e. The molecule has 0 radical (unpaired) electrons. The van der Waals surface area contributed by atoms with Crippen molar-refractivity contribution in [3.8, 4) is 0 Å². The summed E-state index contributed by atoms with van der Waals surface area (Å²) in [5.74, 6) is 1.26. The number of aryl methyl sites for hydroxylation is 1. The first-order valence-corrected chi connectivity index (χ1v) is 11.9. The summed E-state index contributed by atoms with van der Waals surface area (Å²) >= 11 is 1.71. The minimum Gasteiger partial charge on any atom is -0.353 e. The molecule has 12 heteroatoms. The number of carbonyl (C=O) groups is 1. The second kappa shape index (κ2) is 8.30. The van der Waals surface area contributed by atoms with Gasteiger partial charge in [0.2, 0.25) is 11.9 Å². The SMILES string of the molecule is CCC1Cc2c(nc(N3CCNC(=O)C3)nc2N2CCc3c(nc(C)nc3C(F)(F)F)C2)S1. The summed E-state index contributed by atoms with van der Waals surface area (Å²) in [4.78, 5) is 33.4. The molecule has 1 atom stereocenters. The van der Waals surface area contributed by atoms with E-state index >= 15 is 0 Å². The quantitative estimate of drug-likeness (QED) is 0.673. The molecule has 0 aliphatic carbocycles. The Kier molecular flexibility index (Phi) is 5.58. The van der Waals surface area contributed by atoms with Crippen molar-refractivity contribution < 1.29 is 18.0 Å². The van der Waals surface area contributed by atoms with Crippen LogP contribution >= 0.6 is 11.8 Å². The number of carbonyl (C=O) groups excluding carboxylic acids is 1. The number of nitrogens with one attached hydrogen (secondary N) is 1. The molecule has 5 rings (SSSR count). The van der Waals surface area contributed by atoms with Gasteiger partial charge >= 0.3 is 6.18 Å². The summed E-state index contributed by atoms with van der Waals surface area (Å²) in [6.07, 6.45) is -2.53. The average molecular weight is 480 g/mol. The Bertz CT molecular complexity index is 1110. The van der Waals surface area contributed by atoms with Gasteiger partial charge in [-0.25, -0.2) is 15.0 Å². The van der Waals surface area contributed by atoms with Gasteiger partial charge in [0.1, 0.15) is 16.7 Å². The lowest BCUT2D eigenvalue weighted by Crippen LogP contribution is -2.48. The second-order valence-electron chi connectivity index (χ2n) is 8.47. The van der Waals surface area contributed by atoms with E-state index in [4.69, 9.17) is 9.97 Å². The van der Waals surface area contributed by atoms with E-state index < -0.39 is 11.9 Å². The molecule has 176 valence electrons. The summed E-state index contributed by atoms with van der Waals surface area (Å²) in [6.45, 7) is 5.54. The minimum absolute atomic E-state index is 0.0789. The average Bonchev–Trinajstić information content (AvgIpc) is 3.20. The molecule has 33 heavy (non-hydrogen) atoms. The van der Waals surface area contributed by atoms with Crippen LogP contribution in [0.15, 0.2) is 5.03 Å². The van der Waals surface area contributed by atoms with E-state index in [1.165, 1.54) is 6.92 Å². The number of hydrogen-bond acceptors (Lipinski definition) is 8. The molecular formula is C21H24F3N7OS. The van der Waals surface area contributed by atoms with Crippen molar-refractivity contribution in [2.45, 2.75) is 56.1 Å². The van der Waals surface area contributed by atoms with Gasteiger partial charge in [0.05, 0.1) is 18.8 Å². The molecule has 8 nitrogen and oxygen atoms in total. The van der Waals surface area contributed by atoms with Gasteiger partial charge < -0.3 is 15.1 Å². The van der Waals surface area contributed by atoms with Crippen molar-refractivity contribution in [3.63, 3.8) is 0 Å². The highest BCUT2D eigenvalue weighted by Crippen LogP contribution is 2.43. The van der Waals surface area contributed by atoms with Gasteiger partial charge in [-0.1, -0.05) is 6.92 Å². The van der Waals surface area contributed by atoms with Gasteiger partial charge in [-0.2, -0.15) is 18.2 Å². The number of fused-ring (bicyclic) bond motifs is 2. The van der Waals surface area contributed by atoms with Gasteiger partial charge in [-0.3, -0.25) is 4.79 Å². The maximum atomic E-state index is 13.6. The first-order chi connectivity index (χ1) is 15.7. The predicted octanol–water partition coefficient (Wildman–Crippen LogP) is 2.52. The Hall–Kier alpha value is -2.63. The number of thioether (sulfide) groups is 1. The third-order valence-electron chi connectivity index (χ3n) is 6.17. The van der Waals surface area contributed by atoms with Crippen molar-refractivity contribution in [1.29, 1.82) is 0 Å². The Morgan fingerprint density at radius 2 is 1.91 bits per heavy atom. The molecule has 1 unspecified atom stereocenters. The number of amides is 1. The number of rotatable bonds is 3. The standard InChI is InChI=1S/C21H24F3N7OS/c1-3-12-8-14-18(28-20(29-19(14)33-12)31-7-5-25-16(32)10-31)30-6-4-13-15(9-30)26-11(2)27-17(13)21(22,23)24/h12H,3-10H2,1-2H3,(H,25,32). The Morgan fingerprint density at radius 3 is 2.64 bits per heavy atom. The Morgan fingerprint density at radius 1 is 1.09 bits per heavy atom. The molecule has 3 aliphatic heterocycles. The fourth-order valence-electron chi connectivity index (χ4n) is 4.55. The van der Waals surface area contributed by atoms with E-state index in [1.807, 2.05) is 9.80 Å². The Labute approximate surface area is 193 Å². The van der Waals surface area contributed by atoms with Crippen LogP contribution in [-0.4, -0.2) is 57.3 Å². The van der Waals surface area contributed by atoms with Crippen LogP contribution in [0.2, 0.25) is 0 Å². The molecule has 1 amide bonds. The first kappa shape index (κ1) is 22.2. The highest BCUT2D eigenvalue weighted by molar-refractivity contribution is 8.00. The van der Waals surface area contributed by atoms with E-state index in [9.17, 15) is 18.0 Å². The van der Waals surface area contributed by atoms with E-state index in [0.29, 0.717) is 36.5 Å². The molecular weight excluding hydrogens is 455 g/mol. The molecule has 2 aromatic heterocycles. The van der Waals surface area contributed by atoms with Crippen LogP contribution in [0.3, 0.4) is 0 Å². The molecule has 0 aromatic carbocycles. The van der Waals surface area contributed by atoms with Crippen LogP contribution in [0.5, 0.6) is 0 Å². The number of piperazine rings is 1. The maximum Gasteiger partial charge on any atom is 0.433 e.